The summed E-state index contributed by atoms with van der Waals surface area (Å²) in [6, 6.07) is 16.5. The van der Waals surface area contributed by atoms with Gasteiger partial charge in [-0.3, -0.25) is 0 Å². The van der Waals surface area contributed by atoms with Gasteiger partial charge in [-0.2, -0.15) is 0 Å². The van der Waals surface area contributed by atoms with Gasteiger partial charge in [-0.15, -0.1) is 0 Å². The van der Waals surface area contributed by atoms with Crippen LogP contribution in [-0.4, -0.2) is 23.6 Å². The summed E-state index contributed by atoms with van der Waals surface area (Å²) in [6.07, 6.45) is 2.23. The third-order valence-electron chi connectivity index (χ3n) is 3.69. The molecule has 3 rings (SSSR count). The van der Waals surface area contributed by atoms with E-state index in [2.05, 4.69) is 45.6 Å². The molecule has 0 unspecified atom stereocenters. The lowest BCUT2D eigenvalue weighted by Gasteiger charge is -2.03. The van der Waals surface area contributed by atoms with Crippen LogP contribution in [0.2, 0.25) is 0 Å². The molecular weight excluding hydrogens is 274 g/mol. The lowest BCUT2D eigenvalue weighted by Crippen LogP contribution is -2.16. The molecule has 0 aliphatic carbocycles. The van der Waals surface area contributed by atoms with Gasteiger partial charge >= 0.3 is 0 Å². The van der Waals surface area contributed by atoms with E-state index < -0.39 is 0 Å². The van der Waals surface area contributed by atoms with Crippen LogP contribution in [0, 0.1) is 0 Å². The first-order valence-electron chi connectivity index (χ1n) is 7.62. The highest BCUT2D eigenvalue weighted by molar-refractivity contribution is 5.76. The van der Waals surface area contributed by atoms with Crippen LogP contribution in [0.5, 0.6) is 5.75 Å². The molecule has 3 aromatic rings. The van der Waals surface area contributed by atoms with Crippen molar-refractivity contribution in [1.29, 1.82) is 0 Å². The van der Waals surface area contributed by atoms with Crippen LogP contribution < -0.4 is 10.1 Å². The zero-order chi connectivity index (χ0) is 15.2. The summed E-state index contributed by atoms with van der Waals surface area (Å²) >= 11 is 0. The molecule has 0 spiro atoms. The van der Waals surface area contributed by atoms with Crippen molar-refractivity contribution < 1.29 is 4.74 Å². The number of ether oxygens (including phenoxy) is 1. The number of H-pyrrole nitrogens is 1. The monoisotopic (exact) mass is 295 g/mol. The number of aromatic amines is 1. The zero-order valence-electron chi connectivity index (χ0n) is 12.8. The van der Waals surface area contributed by atoms with Crippen molar-refractivity contribution in [3.05, 3.63) is 59.9 Å². The number of aromatic nitrogens is 2. The Balaban J connectivity index is 1.47. The minimum absolute atomic E-state index is 0.756. The van der Waals surface area contributed by atoms with Gasteiger partial charge in [0.25, 0.3) is 0 Å². The van der Waals surface area contributed by atoms with Gasteiger partial charge in [-0.05, 0) is 37.1 Å². The molecule has 0 aliphatic heterocycles. The summed E-state index contributed by atoms with van der Waals surface area (Å²) in [5.74, 6) is 1.81. The summed E-state index contributed by atoms with van der Waals surface area (Å²) < 4.78 is 5.22. The molecule has 4 heteroatoms. The highest BCUT2D eigenvalue weighted by atomic mass is 16.5. The number of nitrogens with one attached hydrogen (secondary N) is 2. The number of aryl methyl sites for hydroxylation is 1. The van der Waals surface area contributed by atoms with Crippen LogP contribution in [0.3, 0.4) is 0 Å². The van der Waals surface area contributed by atoms with E-state index in [1.54, 1.807) is 7.11 Å². The lowest BCUT2D eigenvalue weighted by molar-refractivity contribution is 0.415. The third kappa shape index (κ3) is 3.65. The number of rotatable bonds is 7. The van der Waals surface area contributed by atoms with Crippen LogP contribution in [0.25, 0.3) is 11.0 Å². The Kier molecular flexibility index (Phi) is 4.71. The number of nitrogens with zero attached hydrogens (tertiary/aromatic N) is 1. The maximum Gasteiger partial charge on any atom is 0.121 e. The normalized spacial score (nSPS) is 11.0. The van der Waals surface area contributed by atoms with Gasteiger partial charge in [0.05, 0.1) is 24.7 Å². The minimum Gasteiger partial charge on any atom is -0.497 e. The third-order valence-corrected chi connectivity index (χ3v) is 3.69. The van der Waals surface area contributed by atoms with Crippen LogP contribution in [0.1, 0.15) is 17.8 Å². The summed E-state index contributed by atoms with van der Waals surface area (Å²) in [5, 5.41) is 3.44. The predicted octanol–water partition coefficient (Wildman–Crippen LogP) is 3.29. The molecular formula is C18H21N3O. The summed E-state index contributed by atoms with van der Waals surface area (Å²) in [7, 11) is 1.67. The van der Waals surface area contributed by atoms with E-state index >= 15 is 0 Å². The fraction of sp³-hybridized carbons (Fsp3) is 0.278. The van der Waals surface area contributed by atoms with Gasteiger partial charge in [0, 0.05) is 6.07 Å². The van der Waals surface area contributed by atoms with Gasteiger partial charge in [-0.1, -0.05) is 30.3 Å². The molecule has 0 saturated heterocycles. The second-order valence-electron chi connectivity index (χ2n) is 5.33. The van der Waals surface area contributed by atoms with E-state index in [0.29, 0.717) is 0 Å². The van der Waals surface area contributed by atoms with Gasteiger partial charge < -0.3 is 15.0 Å². The Morgan fingerprint density at radius 3 is 2.82 bits per heavy atom. The average molecular weight is 295 g/mol. The van der Waals surface area contributed by atoms with Crippen LogP contribution >= 0.6 is 0 Å². The fourth-order valence-corrected chi connectivity index (χ4v) is 2.52. The molecule has 0 saturated carbocycles. The number of benzene rings is 2. The Morgan fingerprint density at radius 2 is 2.00 bits per heavy atom. The van der Waals surface area contributed by atoms with E-state index in [-0.39, 0.29) is 0 Å². The first-order chi connectivity index (χ1) is 10.8. The predicted molar refractivity (Wildman–Crippen MR) is 89.1 cm³/mol. The highest BCUT2D eigenvalue weighted by Gasteiger charge is 2.03. The van der Waals surface area contributed by atoms with Crippen molar-refractivity contribution in [2.45, 2.75) is 19.4 Å². The maximum absolute atomic E-state index is 5.22. The first-order valence-corrected chi connectivity index (χ1v) is 7.62. The molecule has 0 atom stereocenters. The van der Waals surface area contributed by atoms with Crippen molar-refractivity contribution in [2.24, 2.45) is 0 Å². The summed E-state index contributed by atoms with van der Waals surface area (Å²) in [6.45, 7) is 1.74. The van der Waals surface area contributed by atoms with Crippen molar-refractivity contribution in [3.8, 4) is 5.75 Å². The Labute approximate surface area is 130 Å². The number of hydrogen-bond donors (Lipinski definition) is 2. The van der Waals surface area contributed by atoms with Gasteiger partial charge in [-0.25, -0.2) is 4.98 Å². The van der Waals surface area contributed by atoms with Crippen molar-refractivity contribution in [1.82, 2.24) is 15.3 Å². The SMILES string of the molecule is COc1ccc2nc(CNCCCc3ccccc3)[nH]c2c1. The number of methoxy groups -OCH3 is 1. The van der Waals surface area contributed by atoms with Gasteiger partial charge in [0.2, 0.25) is 0 Å². The molecule has 0 amide bonds. The quantitative estimate of drug-likeness (QED) is 0.658. The van der Waals surface area contributed by atoms with Gasteiger partial charge in [0.1, 0.15) is 11.6 Å². The molecule has 114 valence electrons. The summed E-state index contributed by atoms with van der Waals surface area (Å²) in [4.78, 5) is 7.90. The molecule has 2 N–H and O–H groups in total. The highest BCUT2D eigenvalue weighted by Crippen LogP contribution is 2.18. The topological polar surface area (TPSA) is 49.9 Å². The Bertz CT molecular complexity index is 722. The molecule has 0 fully saturated rings. The number of fused-ring (bicyclic) bond motifs is 1. The number of imidazole rings is 1. The fourth-order valence-electron chi connectivity index (χ4n) is 2.52. The number of hydrogen-bond acceptors (Lipinski definition) is 3. The first kappa shape index (κ1) is 14.6. The van der Waals surface area contributed by atoms with E-state index in [4.69, 9.17) is 4.74 Å². The molecule has 22 heavy (non-hydrogen) atoms. The standard InChI is InChI=1S/C18H21N3O/c1-22-15-9-10-16-17(12-15)21-18(20-16)13-19-11-5-8-14-6-3-2-4-7-14/h2-4,6-7,9-10,12,19H,5,8,11,13H2,1H3,(H,20,21). The van der Waals surface area contributed by atoms with Crippen molar-refractivity contribution in [3.63, 3.8) is 0 Å². The Hall–Kier alpha value is -2.33. The molecule has 2 aromatic carbocycles. The molecule has 1 heterocycles. The van der Waals surface area contributed by atoms with Crippen molar-refractivity contribution in [2.75, 3.05) is 13.7 Å². The smallest absolute Gasteiger partial charge is 0.121 e. The average Bonchev–Trinajstić information content (AvgIpc) is 2.97. The molecule has 1 aromatic heterocycles. The lowest BCUT2D eigenvalue weighted by atomic mass is 10.1. The molecule has 0 aliphatic rings. The van der Waals surface area contributed by atoms with Crippen LogP contribution in [-0.2, 0) is 13.0 Å². The summed E-state index contributed by atoms with van der Waals surface area (Å²) in [5.41, 5.74) is 3.38. The van der Waals surface area contributed by atoms with E-state index in [0.717, 1.165) is 48.5 Å². The van der Waals surface area contributed by atoms with Crippen LogP contribution in [0.4, 0.5) is 0 Å². The second-order valence-corrected chi connectivity index (χ2v) is 5.33. The second kappa shape index (κ2) is 7.09. The van der Waals surface area contributed by atoms with Crippen molar-refractivity contribution >= 4 is 11.0 Å². The zero-order valence-corrected chi connectivity index (χ0v) is 12.8. The Morgan fingerprint density at radius 1 is 1.14 bits per heavy atom. The van der Waals surface area contributed by atoms with E-state index in [1.807, 2.05) is 18.2 Å². The molecule has 0 radical (unpaired) electrons. The van der Waals surface area contributed by atoms with E-state index in [1.165, 1.54) is 5.56 Å². The maximum atomic E-state index is 5.22. The van der Waals surface area contributed by atoms with Crippen LogP contribution in [0.15, 0.2) is 48.5 Å². The van der Waals surface area contributed by atoms with Gasteiger partial charge in [0.15, 0.2) is 0 Å². The molecule has 4 nitrogen and oxygen atoms in total. The largest absolute Gasteiger partial charge is 0.497 e. The van der Waals surface area contributed by atoms with E-state index in [9.17, 15) is 0 Å². The minimum atomic E-state index is 0.756. The molecule has 0 bridgehead atoms.